The van der Waals surface area contributed by atoms with Crippen LogP contribution in [0.1, 0.15) is 0 Å². The Morgan fingerprint density at radius 1 is 0.455 bits per heavy atom. The molecule has 0 aliphatic carbocycles. The van der Waals surface area contributed by atoms with Crippen LogP contribution in [0.15, 0.2) is 0 Å². The van der Waals surface area contributed by atoms with Crippen LogP contribution >= 0.6 is 0 Å². The SMILES string of the molecule is [Ag+2].[O-][I+3]([O-])([O-])[O-].[O-][I+3]([O-])([O-])[O-]. The summed E-state index contributed by atoms with van der Waals surface area (Å²) >= 11 is -11.9. The smallest absolute Gasteiger partial charge is 0.286 e. The Labute approximate surface area is 89.0 Å². The molecule has 0 aromatic carbocycles. The van der Waals surface area contributed by atoms with E-state index in [1.54, 1.807) is 0 Å². The van der Waals surface area contributed by atoms with Crippen LogP contribution in [0.3, 0.4) is 0 Å². The minimum absolute atomic E-state index is 0. The summed E-state index contributed by atoms with van der Waals surface area (Å²) in [5.74, 6) is 0. The van der Waals surface area contributed by atoms with E-state index in [2.05, 4.69) is 0 Å². The maximum atomic E-state index is 8.62. The molecule has 0 N–H and O–H groups in total. The van der Waals surface area contributed by atoms with E-state index >= 15 is 0 Å². The summed E-state index contributed by atoms with van der Waals surface area (Å²) in [6.45, 7) is 0. The van der Waals surface area contributed by atoms with Gasteiger partial charge in [-0.15, -0.1) is 0 Å². The van der Waals surface area contributed by atoms with Gasteiger partial charge in [0.05, 0.1) is 0 Å². The van der Waals surface area contributed by atoms with Crippen molar-refractivity contribution in [2.45, 2.75) is 0 Å². The standard InChI is InChI=1S/Ag.2IO4/c;2*2-1(3,4)5/q+2;2*-1. The van der Waals surface area contributed by atoms with Gasteiger partial charge < -0.3 is 0 Å². The molecule has 0 bridgehead atoms. The molecule has 11 heavy (non-hydrogen) atoms. The van der Waals surface area contributed by atoms with E-state index in [9.17, 15) is 0 Å². The average Bonchev–Trinajstić information content (AvgIpc) is 1.12. The molecule has 73 valence electrons. The first kappa shape index (κ1) is 18.6. The minimum Gasteiger partial charge on any atom is -0.286 e. The number of rotatable bonds is 0. The molecule has 8 nitrogen and oxygen atoms in total. The summed E-state index contributed by atoms with van der Waals surface area (Å²) < 4.78 is 68.9. The monoisotopic (exact) mass is 489 g/mol. The third-order valence-corrected chi connectivity index (χ3v) is 0. The number of hydrogen-bond donors (Lipinski definition) is 0. The normalized spacial score (nSPS) is 10.9. The zero-order valence-electron chi connectivity index (χ0n) is 4.32. The zero-order valence-corrected chi connectivity index (χ0v) is 10.1. The molecule has 0 fully saturated rings. The molecular formula is AgI2O8. The van der Waals surface area contributed by atoms with Crippen LogP contribution in [0.5, 0.6) is 0 Å². The van der Waals surface area contributed by atoms with E-state index in [-0.39, 0.29) is 22.4 Å². The van der Waals surface area contributed by atoms with Gasteiger partial charge in [0.25, 0.3) is 0 Å². The summed E-state index contributed by atoms with van der Waals surface area (Å²) in [4.78, 5) is 0. The molecule has 0 spiro atoms. The molecule has 0 saturated heterocycles. The van der Waals surface area contributed by atoms with Gasteiger partial charge in [-0.05, 0) is 0 Å². The van der Waals surface area contributed by atoms with Crippen LogP contribution in [0.25, 0.3) is 0 Å². The van der Waals surface area contributed by atoms with Crippen molar-refractivity contribution in [1.82, 2.24) is 0 Å². The van der Waals surface area contributed by atoms with Crippen molar-refractivity contribution in [2.75, 3.05) is 0 Å². The van der Waals surface area contributed by atoms with Crippen LogP contribution in [0.4, 0.5) is 0 Å². The molecule has 0 rings (SSSR count). The topological polar surface area (TPSA) is 184 Å². The minimum atomic E-state index is -5.94. The van der Waals surface area contributed by atoms with Gasteiger partial charge in [-0.3, -0.25) is 27.5 Å². The molecule has 0 atom stereocenters. The second-order valence-electron chi connectivity index (χ2n) is 0.756. The van der Waals surface area contributed by atoms with Crippen molar-refractivity contribution in [1.29, 1.82) is 0 Å². The van der Waals surface area contributed by atoms with Crippen molar-refractivity contribution >= 4 is 0 Å². The van der Waals surface area contributed by atoms with Crippen LogP contribution in [0.2, 0.25) is 0 Å². The summed E-state index contributed by atoms with van der Waals surface area (Å²) in [7, 11) is 0. The van der Waals surface area contributed by atoms with E-state index in [0.717, 1.165) is 0 Å². The second-order valence-corrected chi connectivity index (χ2v) is 5.07. The fourth-order valence-electron chi connectivity index (χ4n) is 0. The largest absolute Gasteiger partial charge is 2.00 e. The molecular weight excluding hydrogens is 490 g/mol. The molecule has 11 heteroatoms. The molecule has 0 aromatic rings. The molecule has 1 radical (unpaired) electrons. The predicted molar refractivity (Wildman–Crippen MR) is 0 cm³/mol. The summed E-state index contributed by atoms with van der Waals surface area (Å²) in [6, 6.07) is 0. The van der Waals surface area contributed by atoms with Crippen molar-refractivity contribution in [3.05, 3.63) is 0 Å². The van der Waals surface area contributed by atoms with Crippen molar-refractivity contribution in [2.24, 2.45) is 0 Å². The molecule has 0 aliphatic rings. The summed E-state index contributed by atoms with van der Waals surface area (Å²) in [5.41, 5.74) is 0. The Hall–Kier alpha value is 1.88. The van der Waals surface area contributed by atoms with Gasteiger partial charge in [-0.2, -0.15) is 0 Å². The molecule has 0 saturated carbocycles. The van der Waals surface area contributed by atoms with Crippen LogP contribution in [0, 0.1) is 0 Å². The first-order chi connectivity index (χ1) is 4.00. The Bertz CT molecular complexity index is 55.1. The third kappa shape index (κ3) is 328. The molecule has 0 unspecified atom stereocenters. The quantitative estimate of drug-likeness (QED) is 0.237. The average molecular weight is 490 g/mol. The fourth-order valence-corrected chi connectivity index (χ4v) is 0. The van der Waals surface area contributed by atoms with Crippen LogP contribution in [-0.2, 0) is 22.4 Å². The predicted octanol–water partition coefficient (Wildman–Crippen LogP) is -15.5. The van der Waals surface area contributed by atoms with Crippen molar-refractivity contribution < 1.29 is 90.1 Å². The number of halogens is 2. The number of hydrogen-bond acceptors (Lipinski definition) is 8. The Morgan fingerprint density at radius 3 is 0.455 bits per heavy atom. The van der Waals surface area contributed by atoms with Gasteiger partial charge in [0.1, 0.15) is 40.2 Å². The van der Waals surface area contributed by atoms with Gasteiger partial charge >= 0.3 is 22.4 Å². The van der Waals surface area contributed by atoms with E-state index in [0.29, 0.717) is 0 Å². The first-order valence-electron chi connectivity index (χ1n) is 1.23. The van der Waals surface area contributed by atoms with E-state index in [4.69, 9.17) is 27.5 Å². The molecule has 0 aromatic heterocycles. The molecule has 0 heterocycles. The van der Waals surface area contributed by atoms with Crippen LogP contribution in [-0.4, -0.2) is 0 Å². The maximum absolute atomic E-state index is 8.62. The zero-order chi connectivity index (χ0) is 9.00. The maximum Gasteiger partial charge on any atom is 2.00 e. The molecule has 0 amide bonds. The fraction of sp³-hybridized carbons (Fsp3) is 0. The van der Waals surface area contributed by atoms with E-state index < -0.39 is 40.2 Å². The van der Waals surface area contributed by atoms with E-state index in [1.165, 1.54) is 0 Å². The van der Waals surface area contributed by atoms with Crippen molar-refractivity contribution in [3.63, 3.8) is 0 Å². The van der Waals surface area contributed by atoms with Gasteiger partial charge in [0.15, 0.2) is 0 Å². The van der Waals surface area contributed by atoms with Crippen molar-refractivity contribution in [3.8, 4) is 0 Å². The molecule has 0 aliphatic heterocycles. The van der Waals surface area contributed by atoms with Gasteiger partial charge in [0, 0.05) is 0 Å². The Balaban J connectivity index is -0.000000107. The second kappa shape index (κ2) is 7.30. The van der Waals surface area contributed by atoms with E-state index in [1.807, 2.05) is 0 Å². The van der Waals surface area contributed by atoms with Gasteiger partial charge in [-0.1, -0.05) is 0 Å². The first-order valence-corrected chi connectivity index (χ1v) is 8.28. The Morgan fingerprint density at radius 2 is 0.455 bits per heavy atom. The van der Waals surface area contributed by atoms with Gasteiger partial charge in [0.2, 0.25) is 0 Å². The summed E-state index contributed by atoms with van der Waals surface area (Å²) in [5, 5.41) is 0. The third-order valence-electron chi connectivity index (χ3n) is 0. The Kier molecular flexibility index (Phi) is 12.4. The summed E-state index contributed by atoms with van der Waals surface area (Å²) in [6.07, 6.45) is 0. The van der Waals surface area contributed by atoms with Crippen LogP contribution < -0.4 is 67.7 Å². The van der Waals surface area contributed by atoms with Gasteiger partial charge in [-0.25, -0.2) is 0 Å².